The highest BCUT2D eigenvalue weighted by atomic mass is 35.5. The summed E-state index contributed by atoms with van der Waals surface area (Å²) < 4.78 is 15.2. The van der Waals surface area contributed by atoms with Gasteiger partial charge in [0.1, 0.15) is 17.0 Å². The fourth-order valence-corrected chi connectivity index (χ4v) is 3.57. The normalized spacial score (nSPS) is 11.1. The number of imidazole rings is 1. The Balaban J connectivity index is 1.93. The highest BCUT2D eigenvalue weighted by Crippen LogP contribution is 2.32. The van der Waals surface area contributed by atoms with Gasteiger partial charge in [-0.3, -0.25) is 4.57 Å². The van der Waals surface area contributed by atoms with Crippen molar-refractivity contribution in [3.8, 4) is 16.4 Å². The first-order chi connectivity index (χ1) is 12.0. The van der Waals surface area contributed by atoms with Crippen molar-refractivity contribution in [1.29, 1.82) is 0 Å². The lowest BCUT2D eigenvalue weighted by Crippen LogP contribution is -1.95. The molecule has 0 saturated carbocycles. The lowest BCUT2D eigenvalue weighted by molar-refractivity contribution is 0.0702. The second kappa shape index (κ2) is 5.94. The highest BCUT2D eigenvalue weighted by molar-refractivity contribution is 7.16. The number of aromatic nitrogens is 3. The van der Waals surface area contributed by atoms with E-state index in [-0.39, 0.29) is 9.90 Å². The van der Waals surface area contributed by atoms with E-state index in [0.717, 1.165) is 11.3 Å². The molecule has 2 aromatic carbocycles. The number of rotatable bonds is 3. The zero-order chi connectivity index (χ0) is 17.6. The van der Waals surface area contributed by atoms with Gasteiger partial charge in [-0.2, -0.15) is 0 Å². The molecular weight excluding hydrogens is 365 g/mol. The Hall–Kier alpha value is -2.77. The molecule has 0 bridgehead atoms. The van der Waals surface area contributed by atoms with Crippen LogP contribution in [0.25, 0.3) is 27.4 Å². The Bertz CT molecular complexity index is 1110. The third kappa shape index (κ3) is 2.67. The van der Waals surface area contributed by atoms with Gasteiger partial charge < -0.3 is 5.11 Å². The maximum absolute atomic E-state index is 13.6. The van der Waals surface area contributed by atoms with Crippen LogP contribution >= 0.6 is 22.9 Å². The van der Waals surface area contributed by atoms with Gasteiger partial charge in [-0.1, -0.05) is 53.3 Å². The lowest BCUT2D eigenvalue weighted by atomic mass is 10.1. The van der Waals surface area contributed by atoms with Gasteiger partial charge >= 0.3 is 5.97 Å². The van der Waals surface area contributed by atoms with Gasteiger partial charge in [-0.15, -0.1) is 0 Å². The van der Waals surface area contributed by atoms with Crippen LogP contribution in [0, 0.1) is 5.82 Å². The third-order valence-electron chi connectivity index (χ3n) is 3.65. The van der Waals surface area contributed by atoms with Crippen molar-refractivity contribution >= 4 is 39.9 Å². The molecule has 4 rings (SSSR count). The van der Waals surface area contributed by atoms with E-state index in [1.807, 2.05) is 18.2 Å². The molecule has 8 heteroatoms. The lowest BCUT2D eigenvalue weighted by Gasteiger charge is -2.00. The Labute approximate surface area is 150 Å². The van der Waals surface area contributed by atoms with E-state index in [4.69, 9.17) is 11.6 Å². The highest BCUT2D eigenvalue weighted by Gasteiger charge is 2.21. The Morgan fingerprint density at radius 3 is 2.72 bits per heavy atom. The summed E-state index contributed by atoms with van der Waals surface area (Å²) in [6.07, 6.45) is 1.47. The molecule has 0 radical (unpaired) electrons. The molecule has 25 heavy (non-hydrogen) atoms. The summed E-state index contributed by atoms with van der Waals surface area (Å²) in [6.45, 7) is 0. The van der Waals surface area contributed by atoms with Gasteiger partial charge in [0.05, 0.1) is 21.7 Å². The molecule has 0 atom stereocenters. The molecular formula is C17H9ClFN3O2S. The van der Waals surface area contributed by atoms with E-state index in [0.29, 0.717) is 27.4 Å². The number of thiazole rings is 1. The average Bonchev–Trinajstić information content (AvgIpc) is 3.20. The summed E-state index contributed by atoms with van der Waals surface area (Å²) in [7, 11) is 0. The van der Waals surface area contributed by atoms with E-state index < -0.39 is 11.8 Å². The van der Waals surface area contributed by atoms with E-state index in [1.54, 1.807) is 16.7 Å². The first-order valence-corrected chi connectivity index (χ1v) is 8.36. The van der Waals surface area contributed by atoms with Crippen molar-refractivity contribution < 1.29 is 14.3 Å². The number of carbonyl (C=O) groups is 1. The molecule has 0 amide bonds. The molecule has 0 spiro atoms. The SMILES string of the molecule is O=C(O)c1sc(-n2cnc3cc(F)c(Cl)cc32)nc1-c1ccccc1. The van der Waals surface area contributed by atoms with Crippen LogP contribution in [0.4, 0.5) is 4.39 Å². The molecule has 0 aliphatic rings. The van der Waals surface area contributed by atoms with Crippen molar-refractivity contribution in [3.05, 3.63) is 64.5 Å². The maximum Gasteiger partial charge on any atom is 0.348 e. The Morgan fingerprint density at radius 1 is 1.24 bits per heavy atom. The summed E-state index contributed by atoms with van der Waals surface area (Å²) in [5, 5.41) is 9.89. The van der Waals surface area contributed by atoms with Gasteiger partial charge in [-0.05, 0) is 6.07 Å². The first-order valence-electron chi connectivity index (χ1n) is 7.16. The summed E-state index contributed by atoms with van der Waals surface area (Å²) in [4.78, 5) is 20.3. The van der Waals surface area contributed by atoms with E-state index in [1.165, 1.54) is 18.5 Å². The second-order valence-corrected chi connectivity index (χ2v) is 6.60. The van der Waals surface area contributed by atoms with Crippen LogP contribution < -0.4 is 0 Å². The van der Waals surface area contributed by atoms with Gasteiger partial charge in [0.2, 0.25) is 0 Å². The number of hydrogen-bond acceptors (Lipinski definition) is 4. The van der Waals surface area contributed by atoms with Crippen LogP contribution in [-0.2, 0) is 0 Å². The van der Waals surface area contributed by atoms with Crippen LogP contribution in [0.15, 0.2) is 48.8 Å². The number of carboxylic acids is 1. The standard InChI is InChI=1S/C17H9ClFN3O2S/c18-10-6-13-12(7-11(10)19)20-8-22(13)17-21-14(15(25-17)16(23)24)9-4-2-1-3-5-9/h1-8H,(H,23,24). The maximum atomic E-state index is 13.6. The first kappa shape index (κ1) is 15.7. The number of aromatic carboxylic acids is 1. The molecule has 0 unspecified atom stereocenters. The second-order valence-electron chi connectivity index (χ2n) is 5.21. The average molecular weight is 374 g/mol. The number of fused-ring (bicyclic) bond motifs is 1. The minimum absolute atomic E-state index is 0.0347. The fourth-order valence-electron chi connectivity index (χ4n) is 2.51. The fraction of sp³-hybridized carbons (Fsp3) is 0. The van der Waals surface area contributed by atoms with E-state index in [9.17, 15) is 14.3 Å². The van der Waals surface area contributed by atoms with Crippen LogP contribution in [0.3, 0.4) is 0 Å². The zero-order valence-corrected chi connectivity index (χ0v) is 14.1. The molecule has 0 fully saturated rings. The predicted molar refractivity (Wildman–Crippen MR) is 94.1 cm³/mol. The molecule has 0 saturated heterocycles. The Morgan fingerprint density at radius 2 is 2.00 bits per heavy atom. The van der Waals surface area contributed by atoms with Crippen molar-refractivity contribution in [3.63, 3.8) is 0 Å². The number of benzene rings is 2. The number of carboxylic acid groups (broad SMARTS) is 1. The molecule has 2 aromatic heterocycles. The predicted octanol–water partition coefficient (Wildman–Crippen LogP) is 4.64. The van der Waals surface area contributed by atoms with Gasteiger partial charge in [-0.25, -0.2) is 19.2 Å². The van der Waals surface area contributed by atoms with Gasteiger partial charge in [0, 0.05) is 11.6 Å². The van der Waals surface area contributed by atoms with Crippen LogP contribution in [-0.4, -0.2) is 25.6 Å². The number of nitrogens with zero attached hydrogens (tertiary/aromatic N) is 3. The zero-order valence-electron chi connectivity index (χ0n) is 12.5. The monoisotopic (exact) mass is 373 g/mol. The minimum atomic E-state index is -1.06. The van der Waals surface area contributed by atoms with E-state index >= 15 is 0 Å². The van der Waals surface area contributed by atoms with Gasteiger partial charge in [0.15, 0.2) is 5.13 Å². The quantitative estimate of drug-likeness (QED) is 0.568. The number of halogens is 2. The molecule has 0 aliphatic heterocycles. The van der Waals surface area contributed by atoms with Crippen LogP contribution in [0.2, 0.25) is 5.02 Å². The van der Waals surface area contributed by atoms with Crippen molar-refractivity contribution in [2.45, 2.75) is 0 Å². The Kier molecular flexibility index (Phi) is 3.74. The molecule has 0 aliphatic carbocycles. The van der Waals surface area contributed by atoms with Gasteiger partial charge in [0.25, 0.3) is 0 Å². The minimum Gasteiger partial charge on any atom is -0.477 e. The smallest absolute Gasteiger partial charge is 0.348 e. The summed E-state index contributed by atoms with van der Waals surface area (Å²) in [6, 6.07) is 11.7. The summed E-state index contributed by atoms with van der Waals surface area (Å²) in [5.74, 6) is -1.62. The van der Waals surface area contributed by atoms with Crippen molar-refractivity contribution in [2.75, 3.05) is 0 Å². The van der Waals surface area contributed by atoms with Crippen molar-refractivity contribution in [2.24, 2.45) is 0 Å². The number of hydrogen-bond donors (Lipinski definition) is 1. The van der Waals surface area contributed by atoms with Crippen molar-refractivity contribution in [1.82, 2.24) is 14.5 Å². The summed E-state index contributed by atoms with van der Waals surface area (Å²) >= 11 is 6.88. The van der Waals surface area contributed by atoms with Crippen LogP contribution in [0.5, 0.6) is 0 Å². The molecule has 5 nitrogen and oxygen atoms in total. The molecule has 124 valence electrons. The molecule has 1 N–H and O–H groups in total. The molecule has 2 heterocycles. The van der Waals surface area contributed by atoms with E-state index in [2.05, 4.69) is 9.97 Å². The topological polar surface area (TPSA) is 68.0 Å². The molecule has 4 aromatic rings. The summed E-state index contributed by atoms with van der Waals surface area (Å²) in [5.41, 5.74) is 2.05. The largest absolute Gasteiger partial charge is 0.477 e. The van der Waals surface area contributed by atoms with Crippen LogP contribution in [0.1, 0.15) is 9.67 Å². The third-order valence-corrected chi connectivity index (χ3v) is 4.99.